The Balaban J connectivity index is 1.41. The van der Waals surface area contributed by atoms with Gasteiger partial charge in [-0.2, -0.15) is 4.31 Å². The van der Waals surface area contributed by atoms with E-state index in [0.717, 1.165) is 22.5 Å². The number of benzene rings is 4. The molecule has 2 fully saturated rings. The fraction of sp³-hybridized carbons (Fsp3) is 0.194. The van der Waals surface area contributed by atoms with E-state index < -0.39 is 10.0 Å². The SMILES string of the molecule is Cc1cc(Nc2ccc(F)cc2)c(C=N)cc1[C@]12CN(S(=O)(=O)c3ccccc3)C[C@H]1[C@@H]2c1ccccc1. The highest BCUT2D eigenvalue weighted by molar-refractivity contribution is 7.89. The standard InChI is InChI=1S/C31H28FN3O2S/c1-21-16-29(34-25-14-12-24(32)13-15-25)23(18-33)17-27(21)31-20-35(38(36,37)26-10-6-3-7-11-26)19-28(31)30(31)22-8-4-2-5-9-22/h2-18,28,30,33-34H,19-20H2,1H3/t28-,30-,31+/m0/s1. The Hall–Kier alpha value is -3.81. The molecule has 4 aromatic rings. The summed E-state index contributed by atoms with van der Waals surface area (Å²) in [6.45, 7) is 2.88. The molecule has 7 heteroatoms. The molecule has 4 aromatic carbocycles. The monoisotopic (exact) mass is 525 g/mol. The normalized spacial score (nSPS) is 22.6. The molecule has 1 saturated carbocycles. The molecule has 0 aromatic heterocycles. The van der Waals surface area contributed by atoms with Gasteiger partial charge in [-0.05, 0) is 78.1 Å². The molecule has 2 N–H and O–H groups in total. The molecule has 0 unspecified atom stereocenters. The minimum atomic E-state index is -3.63. The van der Waals surface area contributed by atoms with Crippen LogP contribution in [0.15, 0.2) is 102 Å². The summed E-state index contributed by atoms with van der Waals surface area (Å²) in [4.78, 5) is 0.309. The molecule has 0 spiro atoms. The first kappa shape index (κ1) is 24.5. The highest BCUT2D eigenvalue weighted by atomic mass is 32.2. The van der Waals surface area contributed by atoms with E-state index in [1.807, 2.05) is 43.3 Å². The Morgan fingerprint density at radius 1 is 0.974 bits per heavy atom. The van der Waals surface area contributed by atoms with Gasteiger partial charge >= 0.3 is 0 Å². The van der Waals surface area contributed by atoms with Crippen molar-refractivity contribution < 1.29 is 12.8 Å². The molecule has 2 aliphatic rings. The van der Waals surface area contributed by atoms with Gasteiger partial charge in [-0.3, -0.25) is 0 Å². The van der Waals surface area contributed by atoms with Gasteiger partial charge in [-0.25, -0.2) is 12.8 Å². The number of nitrogens with one attached hydrogen (secondary N) is 2. The maximum Gasteiger partial charge on any atom is 0.243 e. The van der Waals surface area contributed by atoms with Crippen LogP contribution in [-0.4, -0.2) is 32.0 Å². The van der Waals surface area contributed by atoms with Gasteiger partial charge in [-0.1, -0.05) is 48.5 Å². The lowest BCUT2D eigenvalue weighted by atomic mass is 9.86. The molecular formula is C31H28FN3O2S. The molecule has 6 rings (SSSR count). The Morgan fingerprint density at radius 2 is 1.63 bits per heavy atom. The summed E-state index contributed by atoms with van der Waals surface area (Å²) in [5.74, 6) is 0.0205. The lowest BCUT2D eigenvalue weighted by molar-refractivity contribution is 0.421. The van der Waals surface area contributed by atoms with Crippen molar-refractivity contribution in [3.8, 4) is 0 Å². The molecule has 1 aliphatic carbocycles. The fourth-order valence-electron chi connectivity index (χ4n) is 6.29. The first-order valence-corrected chi connectivity index (χ1v) is 14.1. The molecule has 0 amide bonds. The van der Waals surface area contributed by atoms with Crippen LogP contribution >= 0.6 is 0 Å². The lowest BCUT2D eigenvalue weighted by Crippen LogP contribution is -2.34. The number of anilines is 2. The van der Waals surface area contributed by atoms with E-state index in [0.29, 0.717) is 23.5 Å². The highest BCUT2D eigenvalue weighted by Gasteiger charge is 2.71. The van der Waals surface area contributed by atoms with Gasteiger partial charge in [0.2, 0.25) is 10.0 Å². The number of piperidine rings is 1. The summed E-state index contributed by atoms with van der Waals surface area (Å²) in [6, 6.07) is 29.1. The topological polar surface area (TPSA) is 73.3 Å². The number of aryl methyl sites for hydroxylation is 1. The van der Waals surface area contributed by atoms with Crippen LogP contribution in [0.1, 0.15) is 28.2 Å². The number of hydrogen-bond donors (Lipinski definition) is 2. The van der Waals surface area contributed by atoms with Crippen molar-refractivity contribution in [2.24, 2.45) is 5.92 Å². The lowest BCUT2D eigenvalue weighted by Gasteiger charge is -2.26. The predicted octanol–water partition coefficient (Wildman–Crippen LogP) is 6.23. The van der Waals surface area contributed by atoms with E-state index in [9.17, 15) is 12.8 Å². The fourth-order valence-corrected chi connectivity index (χ4v) is 7.83. The van der Waals surface area contributed by atoms with E-state index >= 15 is 0 Å². The van der Waals surface area contributed by atoms with E-state index in [4.69, 9.17) is 5.41 Å². The van der Waals surface area contributed by atoms with Crippen molar-refractivity contribution in [3.05, 3.63) is 125 Å². The second-order valence-electron chi connectivity index (χ2n) is 10.2. The smallest absolute Gasteiger partial charge is 0.243 e. The van der Waals surface area contributed by atoms with Crippen molar-refractivity contribution in [3.63, 3.8) is 0 Å². The zero-order valence-corrected chi connectivity index (χ0v) is 21.8. The summed E-state index contributed by atoms with van der Waals surface area (Å²) >= 11 is 0. The molecule has 0 bridgehead atoms. The number of fused-ring (bicyclic) bond motifs is 1. The summed E-state index contributed by atoms with van der Waals surface area (Å²) < 4.78 is 42.1. The van der Waals surface area contributed by atoms with Gasteiger partial charge in [0.15, 0.2) is 0 Å². The van der Waals surface area contributed by atoms with Crippen LogP contribution in [-0.2, 0) is 15.4 Å². The summed E-state index contributed by atoms with van der Waals surface area (Å²) in [6.07, 6.45) is 1.31. The third-order valence-corrected chi connectivity index (χ3v) is 9.89. The Kier molecular flexibility index (Phi) is 5.93. The number of halogens is 1. The Morgan fingerprint density at radius 3 is 2.29 bits per heavy atom. The van der Waals surface area contributed by atoms with Gasteiger partial charge < -0.3 is 10.7 Å². The highest BCUT2D eigenvalue weighted by Crippen LogP contribution is 2.70. The van der Waals surface area contributed by atoms with Crippen molar-refractivity contribution in [1.82, 2.24) is 4.31 Å². The zero-order chi connectivity index (χ0) is 26.5. The van der Waals surface area contributed by atoms with Crippen molar-refractivity contribution in [2.75, 3.05) is 18.4 Å². The maximum atomic E-state index is 13.6. The van der Waals surface area contributed by atoms with E-state index in [-0.39, 0.29) is 23.1 Å². The average Bonchev–Trinajstić information content (AvgIpc) is 3.39. The van der Waals surface area contributed by atoms with Crippen LogP contribution in [0, 0.1) is 24.1 Å². The molecule has 1 saturated heterocycles. The number of sulfonamides is 1. The third-order valence-electron chi connectivity index (χ3n) is 8.06. The molecule has 192 valence electrons. The second kappa shape index (κ2) is 9.19. The molecule has 1 aliphatic heterocycles. The minimum Gasteiger partial charge on any atom is -0.355 e. The molecule has 0 radical (unpaired) electrons. The van der Waals surface area contributed by atoms with Crippen molar-refractivity contribution in [2.45, 2.75) is 23.2 Å². The Bertz CT molecular complexity index is 1610. The van der Waals surface area contributed by atoms with E-state index in [2.05, 4.69) is 17.4 Å². The average molecular weight is 526 g/mol. The molecule has 3 atom stereocenters. The minimum absolute atomic E-state index is 0.136. The zero-order valence-electron chi connectivity index (χ0n) is 20.9. The summed E-state index contributed by atoms with van der Waals surface area (Å²) in [5, 5.41) is 11.4. The maximum absolute atomic E-state index is 13.6. The summed E-state index contributed by atoms with van der Waals surface area (Å²) in [5.41, 5.74) is 5.12. The van der Waals surface area contributed by atoms with Crippen LogP contribution < -0.4 is 5.32 Å². The van der Waals surface area contributed by atoms with Crippen LogP contribution in [0.2, 0.25) is 0 Å². The Labute approximate surface area is 222 Å². The van der Waals surface area contributed by atoms with Gasteiger partial charge in [0.1, 0.15) is 5.82 Å². The molecule has 1 heterocycles. The van der Waals surface area contributed by atoms with Crippen molar-refractivity contribution in [1.29, 1.82) is 5.41 Å². The van der Waals surface area contributed by atoms with Crippen LogP contribution in [0.5, 0.6) is 0 Å². The van der Waals surface area contributed by atoms with Gasteiger partial charge in [0.05, 0.1) is 4.90 Å². The molecular weight excluding hydrogens is 497 g/mol. The molecule has 38 heavy (non-hydrogen) atoms. The van der Waals surface area contributed by atoms with Crippen LogP contribution in [0.3, 0.4) is 0 Å². The quantitative estimate of drug-likeness (QED) is 0.281. The third kappa shape index (κ3) is 3.94. The first-order valence-electron chi connectivity index (χ1n) is 12.6. The van der Waals surface area contributed by atoms with Gasteiger partial charge in [0.25, 0.3) is 0 Å². The first-order chi connectivity index (χ1) is 18.3. The van der Waals surface area contributed by atoms with Crippen LogP contribution in [0.25, 0.3) is 0 Å². The number of rotatable bonds is 7. The largest absolute Gasteiger partial charge is 0.355 e. The van der Waals surface area contributed by atoms with Crippen LogP contribution in [0.4, 0.5) is 15.8 Å². The predicted molar refractivity (Wildman–Crippen MR) is 148 cm³/mol. The van der Waals surface area contributed by atoms with Crippen molar-refractivity contribution >= 4 is 27.6 Å². The second-order valence-corrected chi connectivity index (χ2v) is 12.1. The van der Waals surface area contributed by atoms with E-state index in [1.54, 1.807) is 40.7 Å². The number of nitrogens with zero attached hydrogens (tertiary/aromatic N) is 1. The van der Waals surface area contributed by atoms with E-state index in [1.165, 1.54) is 23.9 Å². The molecule has 5 nitrogen and oxygen atoms in total. The number of hydrogen-bond acceptors (Lipinski definition) is 4. The van der Waals surface area contributed by atoms with Gasteiger partial charge in [-0.15, -0.1) is 0 Å². The van der Waals surface area contributed by atoms with Gasteiger partial charge in [0, 0.05) is 47.6 Å². The summed E-state index contributed by atoms with van der Waals surface area (Å²) in [7, 11) is -3.63.